The van der Waals surface area contributed by atoms with E-state index in [1.807, 2.05) is 13.8 Å². The van der Waals surface area contributed by atoms with Crippen LogP contribution in [-0.2, 0) is 4.79 Å². The Kier molecular flexibility index (Phi) is 4.30. The van der Waals surface area contributed by atoms with E-state index in [-0.39, 0.29) is 38.9 Å². The summed E-state index contributed by atoms with van der Waals surface area (Å²) in [6.07, 6.45) is 1.64. The van der Waals surface area contributed by atoms with E-state index in [0.29, 0.717) is 0 Å². The number of para-hydroxylation sites is 1. The average molecular weight is 327 g/mol. The number of benzene rings is 1. The summed E-state index contributed by atoms with van der Waals surface area (Å²) < 4.78 is 0.124. The standard InChI is InChI=1S/C15H15Cl2NO3/c1-15(2)9(7-11(16)17)12(15)13(19)18-10-6-4-3-5-8(10)14(20)21/h3-7,9,12H,1-2H3,(H,18,19)(H,20,21)/p-1/t9-,12+/m1/s1. The summed E-state index contributed by atoms with van der Waals surface area (Å²) in [5, 5.41) is 13.7. The highest BCUT2D eigenvalue weighted by molar-refractivity contribution is 6.55. The molecular formula is C15H14Cl2NO3-. The van der Waals surface area contributed by atoms with Crippen molar-refractivity contribution >= 4 is 40.8 Å². The van der Waals surface area contributed by atoms with Crippen LogP contribution in [0.2, 0.25) is 0 Å². The van der Waals surface area contributed by atoms with Crippen LogP contribution in [0.15, 0.2) is 34.8 Å². The van der Waals surface area contributed by atoms with E-state index < -0.39 is 5.97 Å². The lowest BCUT2D eigenvalue weighted by Gasteiger charge is -2.12. The van der Waals surface area contributed by atoms with Crippen LogP contribution in [0.4, 0.5) is 5.69 Å². The fourth-order valence-electron chi connectivity index (χ4n) is 2.61. The first kappa shape index (κ1) is 15.9. The average Bonchev–Trinajstić information content (AvgIpc) is 2.90. The zero-order valence-electron chi connectivity index (χ0n) is 11.5. The van der Waals surface area contributed by atoms with Gasteiger partial charge in [-0.2, -0.15) is 0 Å². The van der Waals surface area contributed by atoms with Gasteiger partial charge in [0.15, 0.2) is 0 Å². The number of carboxylic acids is 1. The molecule has 4 nitrogen and oxygen atoms in total. The molecule has 2 rings (SSSR count). The van der Waals surface area contributed by atoms with Gasteiger partial charge in [0.1, 0.15) is 4.49 Å². The van der Waals surface area contributed by atoms with Gasteiger partial charge in [-0.3, -0.25) is 4.79 Å². The molecular weight excluding hydrogens is 313 g/mol. The number of carbonyl (C=O) groups is 2. The molecule has 21 heavy (non-hydrogen) atoms. The summed E-state index contributed by atoms with van der Waals surface area (Å²) in [6, 6.07) is 6.13. The number of rotatable bonds is 4. The highest BCUT2D eigenvalue weighted by Gasteiger charge is 2.60. The second kappa shape index (κ2) is 5.70. The maximum atomic E-state index is 12.3. The molecule has 0 spiro atoms. The SMILES string of the molecule is CC1(C)[C@H](C=C(Cl)Cl)[C@H]1C(=O)Nc1ccccc1C(=O)[O-]. The molecule has 1 fully saturated rings. The van der Waals surface area contributed by atoms with Crippen LogP contribution < -0.4 is 10.4 Å². The van der Waals surface area contributed by atoms with Crippen LogP contribution >= 0.6 is 23.2 Å². The smallest absolute Gasteiger partial charge is 0.228 e. The highest BCUT2D eigenvalue weighted by atomic mass is 35.5. The number of allylic oxidation sites excluding steroid dienone is 1. The summed E-state index contributed by atoms with van der Waals surface area (Å²) >= 11 is 11.3. The summed E-state index contributed by atoms with van der Waals surface area (Å²) in [4.78, 5) is 23.3. The van der Waals surface area contributed by atoms with Gasteiger partial charge < -0.3 is 15.2 Å². The molecule has 2 atom stereocenters. The van der Waals surface area contributed by atoms with Gasteiger partial charge in [-0.15, -0.1) is 0 Å². The number of carboxylic acid groups (broad SMARTS) is 1. The second-order valence-electron chi connectivity index (χ2n) is 5.60. The number of hydrogen-bond acceptors (Lipinski definition) is 3. The molecule has 112 valence electrons. The fraction of sp³-hybridized carbons (Fsp3) is 0.333. The molecule has 0 aromatic heterocycles. The van der Waals surface area contributed by atoms with Crippen molar-refractivity contribution in [1.29, 1.82) is 0 Å². The van der Waals surface area contributed by atoms with E-state index in [0.717, 1.165) is 0 Å². The van der Waals surface area contributed by atoms with Crippen molar-refractivity contribution in [3.05, 3.63) is 40.4 Å². The molecule has 1 aromatic rings. The first-order valence-corrected chi connectivity index (χ1v) is 7.14. The maximum absolute atomic E-state index is 12.3. The van der Waals surface area contributed by atoms with Crippen molar-refractivity contribution < 1.29 is 14.7 Å². The van der Waals surface area contributed by atoms with E-state index in [2.05, 4.69) is 5.32 Å². The van der Waals surface area contributed by atoms with Crippen molar-refractivity contribution in [2.45, 2.75) is 13.8 Å². The second-order valence-corrected chi connectivity index (χ2v) is 6.61. The number of carbonyl (C=O) groups excluding carboxylic acids is 2. The van der Waals surface area contributed by atoms with Gasteiger partial charge in [-0.25, -0.2) is 0 Å². The van der Waals surface area contributed by atoms with E-state index >= 15 is 0 Å². The van der Waals surface area contributed by atoms with Gasteiger partial charge >= 0.3 is 0 Å². The third kappa shape index (κ3) is 3.22. The van der Waals surface area contributed by atoms with E-state index in [4.69, 9.17) is 23.2 Å². The molecule has 0 unspecified atom stereocenters. The Morgan fingerprint density at radius 3 is 2.48 bits per heavy atom. The molecule has 1 aliphatic rings. The summed E-state index contributed by atoms with van der Waals surface area (Å²) in [5.74, 6) is -1.97. The molecule has 1 aliphatic carbocycles. The predicted molar refractivity (Wildman–Crippen MR) is 80.0 cm³/mol. The Hall–Kier alpha value is -1.52. The van der Waals surface area contributed by atoms with Gasteiger partial charge in [0.05, 0.1) is 11.9 Å². The van der Waals surface area contributed by atoms with E-state index in [9.17, 15) is 14.7 Å². The minimum Gasteiger partial charge on any atom is -0.545 e. The Labute approximate surface area is 132 Å². The number of amides is 1. The zero-order chi connectivity index (χ0) is 15.8. The van der Waals surface area contributed by atoms with Crippen LogP contribution in [0.25, 0.3) is 0 Å². The summed E-state index contributed by atoms with van der Waals surface area (Å²) in [6.45, 7) is 3.86. The third-order valence-corrected chi connectivity index (χ3v) is 4.16. The summed E-state index contributed by atoms with van der Waals surface area (Å²) in [7, 11) is 0. The minimum absolute atomic E-state index is 0.0493. The van der Waals surface area contributed by atoms with Crippen molar-refractivity contribution in [3.63, 3.8) is 0 Å². The monoisotopic (exact) mass is 326 g/mol. The number of hydrogen-bond donors (Lipinski definition) is 1. The van der Waals surface area contributed by atoms with Crippen LogP contribution in [-0.4, -0.2) is 11.9 Å². The van der Waals surface area contributed by atoms with Gasteiger partial charge in [-0.05, 0) is 23.5 Å². The summed E-state index contributed by atoms with van der Waals surface area (Å²) in [5.41, 5.74) is -0.0908. The topological polar surface area (TPSA) is 69.2 Å². The van der Waals surface area contributed by atoms with Crippen LogP contribution in [0.3, 0.4) is 0 Å². The molecule has 1 aromatic carbocycles. The molecule has 0 radical (unpaired) electrons. The Morgan fingerprint density at radius 2 is 1.90 bits per heavy atom. The third-order valence-electron chi connectivity index (χ3n) is 3.90. The Balaban J connectivity index is 2.17. The first-order chi connectivity index (χ1) is 9.75. The zero-order valence-corrected chi connectivity index (χ0v) is 13.0. The fourth-order valence-corrected chi connectivity index (χ4v) is 2.88. The van der Waals surface area contributed by atoms with E-state index in [1.54, 1.807) is 18.2 Å². The van der Waals surface area contributed by atoms with Gasteiger partial charge in [0, 0.05) is 11.3 Å². The van der Waals surface area contributed by atoms with Crippen molar-refractivity contribution in [1.82, 2.24) is 0 Å². The lowest BCUT2D eigenvalue weighted by molar-refractivity contribution is -0.254. The molecule has 0 aliphatic heterocycles. The van der Waals surface area contributed by atoms with Gasteiger partial charge in [0.2, 0.25) is 5.91 Å². The number of aromatic carboxylic acids is 1. The lowest BCUT2D eigenvalue weighted by atomic mass is 10.1. The number of halogens is 2. The maximum Gasteiger partial charge on any atom is 0.228 e. The molecule has 0 bridgehead atoms. The normalized spacial score (nSPS) is 22.3. The van der Waals surface area contributed by atoms with Crippen molar-refractivity contribution in [3.8, 4) is 0 Å². The van der Waals surface area contributed by atoms with Crippen molar-refractivity contribution in [2.75, 3.05) is 5.32 Å². The van der Waals surface area contributed by atoms with Crippen LogP contribution in [0.1, 0.15) is 24.2 Å². The molecule has 0 saturated heterocycles. The Morgan fingerprint density at radius 1 is 1.29 bits per heavy atom. The Bertz CT molecular complexity index is 621. The van der Waals surface area contributed by atoms with Crippen LogP contribution in [0.5, 0.6) is 0 Å². The largest absolute Gasteiger partial charge is 0.545 e. The molecule has 1 amide bonds. The first-order valence-electron chi connectivity index (χ1n) is 6.39. The van der Waals surface area contributed by atoms with Crippen molar-refractivity contribution in [2.24, 2.45) is 17.3 Å². The predicted octanol–water partition coefficient (Wildman–Crippen LogP) is 2.58. The number of anilines is 1. The quantitative estimate of drug-likeness (QED) is 0.924. The van der Waals surface area contributed by atoms with E-state index in [1.165, 1.54) is 12.1 Å². The van der Waals surface area contributed by atoms with Gasteiger partial charge in [0.25, 0.3) is 0 Å². The number of nitrogens with one attached hydrogen (secondary N) is 1. The molecule has 1 saturated carbocycles. The lowest BCUT2D eigenvalue weighted by Crippen LogP contribution is -2.25. The van der Waals surface area contributed by atoms with Gasteiger partial charge in [-0.1, -0.05) is 55.2 Å². The molecule has 6 heteroatoms. The molecule has 1 N–H and O–H groups in total. The minimum atomic E-state index is -1.33. The highest BCUT2D eigenvalue weighted by Crippen LogP contribution is 2.60. The van der Waals surface area contributed by atoms with Crippen LogP contribution in [0, 0.1) is 17.3 Å². The molecule has 0 heterocycles.